The Morgan fingerprint density at radius 2 is 2.40 bits per heavy atom. The zero-order chi connectivity index (χ0) is 7.56. The fourth-order valence-electron chi connectivity index (χ4n) is 0.564. The Labute approximate surface area is 56.7 Å². The van der Waals surface area contributed by atoms with Crippen LogP contribution >= 0.6 is 0 Å². The summed E-state index contributed by atoms with van der Waals surface area (Å²) in [6, 6.07) is 1.35. The second-order valence-electron chi connectivity index (χ2n) is 1.72. The van der Waals surface area contributed by atoms with Gasteiger partial charge in [-0.1, -0.05) is 0 Å². The average molecular weight is 140 g/mol. The molecule has 0 radical (unpaired) electrons. The highest BCUT2D eigenvalue weighted by atomic mass is 19.1. The van der Waals surface area contributed by atoms with Crippen LogP contribution in [0.3, 0.4) is 0 Å². The van der Waals surface area contributed by atoms with E-state index in [0.717, 1.165) is 0 Å². The number of aromatic nitrogens is 1. The summed E-state index contributed by atoms with van der Waals surface area (Å²) in [5.74, 6) is -0.801. The molecule has 0 aliphatic rings. The van der Waals surface area contributed by atoms with Crippen molar-refractivity contribution < 1.29 is 9.18 Å². The van der Waals surface area contributed by atoms with E-state index in [1.54, 1.807) is 0 Å². The monoisotopic (exact) mass is 140 g/mol. The molecule has 0 saturated carbocycles. The van der Waals surface area contributed by atoms with Crippen LogP contribution in [0.4, 0.5) is 10.1 Å². The van der Waals surface area contributed by atoms with Crippen molar-refractivity contribution >= 4 is 12.0 Å². The minimum Gasteiger partial charge on any atom is -0.394 e. The van der Waals surface area contributed by atoms with Gasteiger partial charge in [0.15, 0.2) is 6.29 Å². The fraction of sp³-hybridized carbons (Fsp3) is 0. The van der Waals surface area contributed by atoms with E-state index in [1.807, 2.05) is 0 Å². The first kappa shape index (κ1) is 6.67. The lowest BCUT2D eigenvalue weighted by molar-refractivity contribution is 0.112. The molecule has 52 valence electrons. The molecule has 10 heavy (non-hydrogen) atoms. The van der Waals surface area contributed by atoms with Crippen LogP contribution in [0.25, 0.3) is 0 Å². The van der Waals surface area contributed by atoms with Gasteiger partial charge in [0.2, 0.25) is 5.95 Å². The first-order chi connectivity index (χ1) is 4.75. The lowest BCUT2D eigenvalue weighted by Gasteiger charge is -1.95. The zero-order valence-electron chi connectivity index (χ0n) is 5.04. The number of rotatable bonds is 1. The van der Waals surface area contributed by atoms with Crippen LogP contribution in [0.1, 0.15) is 10.4 Å². The first-order valence-corrected chi connectivity index (χ1v) is 2.61. The van der Waals surface area contributed by atoms with Gasteiger partial charge in [-0.15, -0.1) is 0 Å². The van der Waals surface area contributed by atoms with Gasteiger partial charge < -0.3 is 5.73 Å². The summed E-state index contributed by atoms with van der Waals surface area (Å²) in [6.45, 7) is 0. The lowest BCUT2D eigenvalue weighted by atomic mass is 10.2. The molecule has 1 rings (SSSR count). The van der Waals surface area contributed by atoms with Gasteiger partial charge in [0.05, 0.1) is 5.69 Å². The third-order valence-electron chi connectivity index (χ3n) is 1.10. The van der Waals surface area contributed by atoms with Gasteiger partial charge in [-0.3, -0.25) is 4.79 Å². The summed E-state index contributed by atoms with van der Waals surface area (Å²) in [5, 5.41) is 0. The average Bonchev–Trinajstić information content (AvgIpc) is 1.95. The van der Waals surface area contributed by atoms with Crippen LogP contribution in [0.15, 0.2) is 12.3 Å². The molecule has 4 heteroatoms. The number of carbonyl (C=O) groups is 1. The molecular weight excluding hydrogens is 135 g/mol. The standard InChI is InChI=1S/C6H5FN2O/c7-6-5(8)4(3-10)1-2-9-6/h1-3H,8H2. The molecule has 0 spiro atoms. The molecule has 0 aliphatic heterocycles. The van der Waals surface area contributed by atoms with Gasteiger partial charge >= 0.3 is 0 Å². The van der Waals surface area contributed by atoms with Crippen molar-refractivity contribution in [3.63, 3.8) is 0 Å². The highest BCUT2D eigenvalue weighted by Crippen LogP contribution is 2.09. The maximum absolute atomic E-state index is 12.4. The van der Waals surface area contributed by atoms with Gasteiger partial charge in [-0.25, -0.2) is 4.98 Å². The molecular formula is C6H5FN2O. The number of anilines is 1. The molecule has 1 aromatic rings. The van der Waals surface area contributed by atoms with E-state index in [2.05, 4.69) is 4.98 Å². The summed E-state index contributed by atoms with van der Waals surface area (Å²) in [5.41, 5.74) is 5.06. The Bertz CT molecular complexity index is 262. The smallest absolute Gasteiger partial charge is 0.236 e. The summed E-state index contributed by atoms with van der Waals surface area (Å²) in [6.07, 6.45) is 1.68. The van der Waals surface area contributed by atoms with E-state index in [4.69, 9.17) is 5.73 Å². The predicted octanol–water partition coefficient (Wildman–Crippen LogP) is 0.615. The van der Waals surface area contributed by atoms with Crippen molar-refractivity contribution in [3.8, 4) is 0 Å². The molecule has 3 nitrogen and oxygen atoms in total. The molecule has 0 aromatic carbocycles. The number of hydrogen-bond donors (Lipinski definition) is 1. The molecule has 0 unspecified atom stereocenters. The maximum atomic E-state index is 12.4. The molecule has 0 saturated heterocycles. The molecule has 0 amide bonds. The Morgan fingerprint density at radius 1 is 1.70 bits per heavy atom. The van der Waals surface area contributed by atoms with Crippen LogP contribution in [0.2, 0.25) is 0 Å². The molecule has 0 atom stereocenters. The van der Waals surface area contributed by atoms with Crippen LogP contribution < -0.4 is 5.73 Å². The number of carbonyl (C=O) groups excluding carboxylic acids is 1. The summed E-state index contributed by atoms with van der Waals surface area (Å²) in [7, 11) is 0. The van der Waals surface area contributed by atoms with E-state index in [-0.39, 0.29) is 11.3 Å². The number of pyridine rings is 1. The number of hydrogen-bond acceptors (Lipinski definition) is 3. The number of aldehydes is 1. The summed E-state index contributed by atoms with van der Waals surface area (Å²) >= 11 is 0. The molecule has 0 bridgehead atoms. The van der Waals surface area contributed by atoms with E-state index in [0.29, 0.717) is 6.29 Å². The van der Waals surface area contributed by atoms with E-state index in [9.17, 15) is 9.18 Å². The first-order valence-electron chi connectivity index (χ1n) is 2.61. The van der Waals surface area contributed by atoms with Crippen molar-refractivity contribution in [2.75, 3.05) is 5.73 Å². The second-order valence-corrected chi connectivity index (χ2v) is 1.72. The molecule has 0 aliphatic carbocycles. The summed E-state index contributed by atoms with van der Waals surface area (Å²) in [4.78, 5) is 13.3. The van der Waals surface area contributed by atoms with Crippen LogP contribution in [-0.2, 0) is 0 Å². The van der Waals surface area contributed by atoms with Crippen molar-refractivity contribution in [1.82, 2.24) is 4.98 Å². The maximum Gasteiger partial charge on any atom is 0.236 e. The van der Waals surface area contributed by atoms with E-state index < -0.39 is 5.95 Å². The summed E-state index contributed by atoms with van der Waals surface area (Å²) < 4.78 is 12.4. The molecule has 1 heterocycles. The van der Waals surface area contributed by atoms with Crippen LogP contribution in [-0.4, -0.2) is 11.3 Å². The van der Waals surface area contributed by atoms with E-state index in [1.165, 1.54) is 12.3 Å². The Kier molecular flexibility index (Phi) is 1.62. The quantitative estimate of drug-likeness (QED) is 0.459. The second kappa shape index (κ2) is 2.43. The topological polar surface area (TPSA) is 56.0 Å². The van der Waals surface area contributed by atoms with Crippen molar-refractivity contribution in [2.45, 2.75) is 0 Å². The SMILES string of the molecule is Nc1c(C=O)ccnc1F. The minimum absolute atomic E-state index is 0.132. The van der Waals surface area contributed by atoms with Gasteiger partial charge in [0.25, 0.3) is 0 Å². The van der Waals surface area contributed by atoms with Crippen molar-refractivity contribution in [3.05, 3.63) is 23.8 Å². The molecule has 0 fully saturated rings. The van der Waals surface area contributed by atoms with Gasteiger partial charge in [-0.05, 0) is 6.07 Å². The van der Waals surface area contributed by atoms with Gasteiger partial charge in [-0.2, -0.15) is 4.39 Å². The normalized spacial score (nSPS) is 9.30. The third kappa shape index (κ3) is 0.953. The molecule has 2 N–H and O–H groups in total. The lowest BCUT2D eigenvalue weighted by Crippen LogP contribution is -1.98. The van der Waals surface area contributed by atoms with Crippen LogP contribution in [0.5, 0.6) is 0 Å². The Hall–Kier alpha value is -1.45. The highest BCUT2D eigenvalue weighted by Gasteiger charge is 2.02. The van der Waals surface area contributed by atoms with Crippen molar-refractivity contribution in [1.29, 1.82) is 0 Å². The Morgan fingerprint density at radius 3 is 2.90 bits per heavy atom. The largest absolute Gasteiger partial charge is 0.394 e. The number of halogens is 1. The predicted molar refractivity (Wildman–Crippen MR) is 34.0 cm³/mol. The van der Waals surface area contributed by atoms with Gasteiger partial charge in [0.1, 0.15) is 0 Å². The third-order valence-corrected chi connectivity index (χ3v) is 1.10. The van der Waals surface area contributed by atoms with Crippen LogP contribution in [0, 0.1) is 5.95 Å². The zero-order valence-corrected chi connectivity index (χ0v) is 5.04. The minimum atomic E-state index is -0.801. The molecule has 1 aromatic heterocycles. The number of nitrogen functional groups attached to an aromatic ring is 1. The number of nitrogens with two attached hydrogens (primary N) is 1. The fourth-order valence-corrected chi connectivity index (χ4v) is 0.564. The van der Waals surface area contributed by atoms with E-state index >= 15 is 0 Å². The van der Waals surface area contributed by atoms with Gasteiger partial charge in [0, 0.05) is 11.8 Å². The number of nitrogens with zero attached hydrogens (tertiary/aromatic N) is 1. The Balaban J connectivity index is 3.27. The highest BCUT2D eigenvalue weighted by molar-refractivity contribution is 5.82. The van der Waals surface area contributed by atoms with Crippen molar-refractivity contribution in [2.24, 2.45) is 0 Å².